The number of halogens is 1. The van der Waals surface area contributed by atoms with E-state index in [1.807, 2.05) is 31.7 Å². The molecule has 2 aromatic heterocycles. The molecule has 6 nitrogen and oxygen atoms in total. The van der Waals surface area contributed by atoms with E-state index in [4.69, 9.17) is 0 Å². The molecule has 1 aliphatic carbocycles. The smallest absolute Gasteiger partial charge is 0.270 e. The summed E-state index contributed by atoms with van der Waals surface area (Å²) in [6.45, 7) is 7.58. The lowest BCUT2D eigenvalue weighted by atomic mass is 9.89. The van der Waals surface area contributed by atoms with Gasteiger partial charge >= 0.3 is 0 Å². The summed E-state index contributed by atoms with van der Waals surface area (Å²) in [6, 6.07) is 3.79. The van der Waals surface area contributed by atoms with E-state index in [0.717, 1.165) is 47.7 Å². The van der Waals surface area contributed by atoms with Gasteiger partial charge in [0.2, 0.25) is 5.91 Å². The Morgan fingerprint density at radius 2 is 2.03 bits per heavy atom. The molecule has 1 saturated heterocycles. The van der Waals surface area contributed by atoms with Crippen LogP contribution in [0.5, 0.6) is 0 Å². The first-order valence-electron chi connectivity index (χ1n) is 10.2. The summed E-state index contributed by atoms with van der Waals surface area (Å²) in [4.78, 5) is 36.0. The van der Waals surface area contributed by atoms with Crippen molar-refractivity contribution in [2.75, 3.05) is 13.1 Å². The lowest BCUT2D eigenvalue weighted by molar-refractivity contribution is -0.141. The van der Waals surface area contributed by atoms with Crippen molar-refractivity contribution in [1.29, 1.82) is 0 Å². The van der Waals surface area contributed by atoms with Crippen LogP contribution in [-0.4, -0.2) is 45.8 Å². The topological polar surface area (TPSA) is 75.2 Å². The molecular weight excluding hydrogens is 432 g/mol. The number of carbonyl (C=O) groups excluding carboxylic acids is 2. The number of nitrogens with one attached hydrogen (secondary N) is 1. The zero-order chi connectivity index (χ0) is 20.8. The molecule has 4 rings (SSSR count). The molecule has 2 amide bonds. The van der Waals surface area contributed by atoms with Gasteiger partial charge in [-0.2, -0.15) is 0 Å². The fourth-order valence-electron chi connectivity index (χ4n) is 4.30. The van der Waals surface area contributed by atoms with Crippen LogP contribution in [0.4, 0.5) is 0 Å². The minimum atomic E-state index is -0.343. The molecule has 0 bridgehead atoms. The Morgan fingerprint density at radius 3 is 2.79 bits per heavy atom. The number of amides is 2. The Morgan fingerprint density at radius 1 is 1.24 bits per heavy atom. The van der Waals surface area contributed by atoms with Gasteiger partial charge in [0, 0.05) is 42.3 Å². The van der Waals surface area contributed by atoms with Crippen LogP contribution in [0.25, 0.3) is 10.9 Å². The van der Waals surface area contributed by atoms with Crippen LogP contribution in [0.15, 0.2) is 29.0 Å². The number of hydrogen-bond donors (Lipinski definition) is 1. The Bertz CT molecular complexity index is 955. The first-order valence-corrected chi connectivity index (χ1v) is 11.0. The number of hydrogen-bond acceptors (Lipinski definition) is 4. The van der Waals surface area contributed by atoms with E-state index >= 15 is 0 Å². The molecule has 1 aliphatic heterocycles. The fourth-order valence-corrected chi connectivity index (χ4v) is 4.73. The molecule has 1 N–H and O–H groups in total. The van der Waals surface area contributed by atoms with Gasteiger partial charge in [-0.1, -0.05) is 20.8 Å². The van der Waals surface area contributed by atoms with Crippen LogP contribution < -0.4 is 5.32 Å². The molecule has 2 aliphatic rings. The van der Waals surface area contributed by atoms with E-state index in [-0.39, 0.29) is 23.3 Å². The third-order valence-electron chi connectivity index (χ3n) is 5.94. The van der Waals surface area contributed by atoms with E-state index in [9.17, 15) is 9.59 Å². The van der Waals surface area contributed by atoms with Gasteiger partial charge in [0.25, 0.3) is 5.91 Å². The molecule has 2 fully saturated rings. The fraction of sp³-hybridized carbons (Fsp3) is 0.545. The van der Waals surface area contributed by atoms with Gasteiger partial charge in [0.1, 0.15) is 5.69 Å². The summed E-state index contributed by atoms with van der Waals surface area (Å²) in [5, 5.41) is 4.03. The third-order valence-corrected chi connectivity index (χ3v) is 6.52. The lowest BCUT2D eigenvalue weighted by Gasteiger charge is -2.36. The van der Waals surface area contributed by atoms with Gasteiger partial charge in [-0.25, -0.2) is 4.98 Å². The molecule has 0 spiro atoms. The van der Waals surface area contributed by atoms with E-state index < -0.39 is 0 Å². The van der Waals surface area contributed by atoms with Crippen LogP contribution in [-0.2, 0) is 4.79 Å². The molecule has 0 radical (unpaired) electrons. The largest absolute Gasteiger partial charge is 0.348 e. The van der Waals surface area contributed by atoms with Crippen molar-refractivity contribution in [2.45, 2.75) is 46.1 Å². The number of fused-ring (bicyclic) bond motifs is 1. The number of piperidine rings is 1. The van der Waals surface area contributed by atoms with Crippen LogP contribution in [0, 0.1) is 17.3 Å². The molecular formula is C22H27BrN4O2. The zero-order valence-electron chi connectivity index (χ0n) is 17.1. The average molecular weight is 459 g/mol. The van der Waals surface area contributed by atoms with Gasteiger partial charge in [-0.3, -0.25) is 14.6 Å². The number of pyridine rings is 2. The summed E-state index contributed by atoms with van der Waals surface area (Å²) in [7, 11) is 0. The van der Waals surface area contributed by atoms with Crippen molar-refractivity contribution in [2.24, 2.45) is 17.3 Å². The first kappa shape index (κ1) is 20.3. The molecule has 0 aromatic carbocycles. The highest BCUT2D eigenvalue weighted by atomic mass is 79.9. The normalized spacial score (nSPS) is 24.4. The summed E-state index contributed by atoms with van der Waals surface area (Å²) in [5.74, 6) is 1.00. The molecule has 154 valence electrons. The Hall–Kier alpha value is -2.02. The van der Waals surface area contributed by atoms with Gasteiger partial charge < -0.3 is 10.2 Å². The van der Waals surface area contributed by atoms with Gasteiger partial charge in [0.15, 0.2) is 0 Å². The van der Waals surface area contributed by atoms with Crippen molar-refractivity contribution in [1.82, 2.24) is 20.2 Å². The first-order chi connectivity index (χ1) is 13.7. The van der Waals surface area contributed by atoms with Crippen molar-refractivity contribution in [3.8, 4) is 0 Å². The number of likely N-dealkylation sites (tertiary alicyclic amines) is 1. The van der Waals surface area contributed by atoms with Crippen molar-refractivity contribution in [3.63, 3.8) is 0 Å². The lowest BCUT2D eigenvalue weighted by Crippen LogP contribution is -2.46. The predicted molar refractivity (Wildman–Crippen MR) is 115 cm³/mol. The second-order valence-electron chi connectivity index (χ2n) is 9.27. The van der Waals surface area contributed by atoms with Gasteiger partial charge in [0.05, 0.1) is 9.99 Å². The van der Waals surface area contributed by atoms with Crippen molar-refractivity contribution in [3.05, 3.63) is 34.7 Å². The molecule has 2 aromatic rings. The molecule has 29 heavy (non-hydrogen) atoms. The van der Waals surface area contributed by atoms with Crippen LogP contribution >= 0.6 is 15.9 Å². The number of carbonyl (C=O) groups is 2. The van der Waals surface area contributed by atoms with Crippen molar-refractivity contribution >= 4 is 38.6 Å². The monoisotopic (exact) mass is 458 g/mol. The summed E-state index contributed by atoms with van der Waals surface area (Å²) in [5.41, 5.74) is 0.816. The minimum absolute atomic E-state index is 0.137. The number of aromatic nitrogens is 2. The maximum atomic E-state index is 12.7. The van der Waals surface area contributed by atoms with Crippen molar-refractivity contribution < 1.29 is 9.59 Å². The van der Waals surface area contributed by atoms with E-state index in [2.05, 4.69) is 31.2 Å². The Balaban J connectivity index is 1.38. The summed E-state index contributed by atoms with van der Waals surface area (Å²) in [6.07, 6.45) is 6.56. The molecule has 3 atom stereocenters. The quantitative estimate of drug-likeness (QED) is 0.758. The minimum Gasteiger partial charge on any atom is -0.348 e. The van der Waals surface area contributed by atoms with E-state index in [0.29, 0.717) is 17.5 Å². The second-order valence-corrected chi connectivity index (χ2v) is 10.1. The SMILES string of the molecule is CC(C)(C)C(=O)N1CCCC(C2CC2NC(=O)c2ccc3cncc(Br)c3n2)C1. The highest BCUT2D eigenvalue weighted by Crippen LogP contribution is 2.42. The number of rotatable bonds is 3. The predicted octanol–water partition coefficient (Wildman–Crippen LogP) is 3.80. The van der Waals surface area contributed by atoms with Crippen LogP contribution in [0.2, 0.25) is 0 Å². The Labute approximate surface area is 179 Å². The van der Waals surface area contributed by atoms with E-state index in [1.54, 1.807) is 18.5 Å². The zero-order valence-corrected chi connectivity index (χ0v) is 18.7. The van der Waals surface area contributed by atoms with E-state index in [1.165, 1.54) is 0 Å². The third kappa shape index (κ3) is 4.29. The summed E-state index contributed by atoms with van der Waals surface area (Å²) < 4.78 is 0.778. The Kier molecular flexibility index (Phi) is 5.36. The highest BCUT2D eigenvalue weighted by Gasteiger charge is 2.46. The average Bonchev–Trinajstić information content (AvgIpc) is 3.46. The van der Waals surface area contributed by atoms with Gasteiger partial charge in [-0.15, -0.1) is 0 Å². The van der Waals surface area contributed by atoms with Crippen LogP contribution in [0.3, 0.4) is 0 Å². The molecule has 3 unspecified atom stereocenters. The molecule has 3 heterocycles. The second kappa shape index (κ2) is 7.67. The highest BCUT2D eigenvalue weighted by molar-refractivity contribution is 9.10. The standard InChI is InChI=1S/C22H27BrN4O2/c1-22(2,3)21(29)27-8-4-5-14(12-27)15-9-18(15)26-20(28)17-7-6-13-10-24-11-16(23)19(13)25-17/h6-7,10-11,14-15,18H,4-5,8-9,12H2,1-3H3,(H,26,28). The van der Waals surface area contributed by atoms with Crippen LogP contribution in [0.1, 0.15) is 50.5 Å². The summed E-state index contributed by atoms with van der Waals surface area (Å²) >= 11 is 3.45. The maximum Gasteiger partial charge on any atom is 0.270 e. The van der Waals surface area contributed by atoms with Gasteiger partial charge in [-0.05, 0) is 59.2 Å². The molecule has 7 heteroatoms. The maximum absolute atomic E-state index is 12.7. The molecule has 1 saturated carbocycles. The number of nitrogens with zero attached hydrogens (tertiary/aromatic N) is 3.